The normalized spacial score (nSPS) is 46.9. The van der Waals surface area contributed by atoms with E-state index in [0.717, 1.165) is 25.7 Å². The van der Waals surface area contributed by atoms with Gasteiger partial charge in [-0.25, -0.2) is 0 Å². The van der Waals surface area contributed by atoms with Crippen LogP contribution in [-0.4, -0.2) is 34.5 Å². The van der Waals surface area contributed by atoms with Crippen LogP contribution in [0, 0.1) is 0 Å². The van der Waals surface area contributed by atoms with Crippen LogP contribution in [-0.2, 0) is 0 Å². The second kappa shape index (κ2) is 5.41. The molecule has 2 aliphatic heterocycles. The highest BCUT2D eigenvalue weighted by Crippen LogP contribution is 2.81. The zero-order valence-corrected chi connectivity index (χ0v) is 15.3. The minimum atomic E-state index is -3.90. The van der Waals surface area contributed by atoms with E-state index in [1.165, 1.54) is 0 Å². The largest absolute Gasteiger partial charge is 0.340 e. The van der Waals surface area contributed by atoms with Gasteiger partial charge in [0.2, 0.25) is 0 Å². The van der Waals surface area contributed by atoms with Gasteiger partial charge in [0, 0.05) is 10.6 Å². The van der Waals surface area contributed by atoms with E-state index in [1.54, 1.807) is 0 Å². The molecular formula is C16H24F4P2. The lowest BCUT2D eigenvalue weighted by molar-refractivity contribution is -0.177. The van der Waals surface area contributed by atoms with Crippen molar-refractivity contribution in [3.63, 3.8) is 0 Å². The van der Waals surface area contributed by atoms with Crippen molar-refractivity contribution in [2.75, 3.05) is 0 Å². The van der Waals surface area contributed by atoms with Crippen LogP contribution in [0.4, 0.5) is 17.6 Å². The van der Waals surface area contributed by atoms with E-state index in [1.807, 2.05) is 27.7 Å². The molecule has 0 aromatic heterocycles. The molecule has 0 amide bonds. The molecule has 0 aromatic rings. The summed E-state index contributed by atoms with van der Waals surface area (Å²) in [4.78, 5) is 0. The van der Waals surface area contributed by atoms with Crippen molar-refractivity contribution < 1.29 is 17.6 Å². The van der Waals surface area contributed by atoms with E-state index >= 15 is 0 Å². The monoisotopic (exact) mass is 354 g/mol. The van der Waals surface area contributed by atoms with Gasteiger partial charge in [0.1, 0.15) is 0 Å². The summed E-state index contributed by atoms with van der Waals surface area (Å²) < 4.78 is 57.4. The van der Waals surface area contributed by atoms with Gasteiger partial charge >= 0.3 is 11.8 Å². The topological polar surface area (TPSA) is 0 Å². The van der Waals surface area contributed by atoms with E-state index in [9.17, 15) is 17.6 Å². The molecule has 6 heteroatoms. The summed E-state index contributed by atoms with van der Waals surface area (Å²) in [6.45, 7) is 7.89. The number of alkyl halides is 4. The molecule has 1 aliphatic carbocycles. The van der Waals surface area contributed by atoms with Gasteiger partial charge in [-0.3, -0.25) is 0 Å². The standard InChI is InChI=1S/C16H24F4P2/c1-9-5-6-10(2)21(9)13-14(16(19,20)15(13,17)18)22-11(3)7-8-12(22)4/h9-12H,5-8H2,1-4H3. The Hall–Kier alpha value is 0.320. The van der Waals surface area contributed by atoms with Gasteiger partial charge in [-0.05, 0) is 48.3 Å². The van der Waals surface area contributed by atoms with Crippen LogP contribution >= 0.6 is 15.8 Å². The van der Waals surface area contributed by atoms with Crippen molar-refractivity contribution in [1.82, 2.24) is 0 Å². The van der Waals surface area contributed by atoms with E-state index in [0.29, 0.717) is 0 Å². The van der Waals surface area contributed by atoms with Crippen LogP contribution in [0.25, 0.3) is 0 Å². The minimum Gasteiger partial charge on any atom is -0.194 e. The van der Waals surface area contributed by atoms with Gasteiger partial charge in [0.05, 0.1) is 0 Å². The SMILES string of the molecule is CC1CCC(C)P1C1=C(P2C(C)CCC2C)C(F)(F)C1(F)F. The van der Waals surface area contributed by atoms with Crippen LogP contribution in [0.15, 0.2) is 10.6 Å². The molecule has 3 rings (SSSR count). The maximum absolute atomic E-state index is 14.4. The van der Waals surface area contributed by atoms with Crippen LogP contribution in [0.5, 0.6) is 0 Å². The molecule has 3 aliphatic rings. The molecule has 126 valence electrons. The van der Waals surface area contributed by atoms with E-state index in [2.05, 4.69) is 0 Å². The summed E-state index contributed by atoms with van der Waals surface area (Å²) in [7, 11) is -2.23. The molecule has 2 saturated heterocycles. The molecule has 0 spiro atoms. The van der Waals surface area contributed by atoms with Crippen molar-refractivity contribution in [3.05, 3.63) is 10.6 Å². The quantitative estimate of drug-likeness (QED) is 0.388. The summed E-state index contributed by atoms with van der Waals surface area (Å²) in [6, 6.07) is 0. The lowest BCUT2D eigenvalue weighted by Crippen LogP contribution is -2.53. The molecule has 2 heterocycles. The smallest absolute Gasteiger partial charge is 0.194 e. The van der Waals surface area contributed by atoms with Gasteiger partial charge in [0.15, 0.2) is 0 Å². The number of halogens is 4. The summed E-state index contributed by atoms with van der Waals surface area (Å²) in [6.07, 6.45) is 3.59. The van der Waals surface area contributed by atoms with Crippen molar-refractivity contribution in [2.45, 2.75) is 87.9 Å². The Morgan fingerprint density at radius 2 is 0.864 bits per heavy atom. The third kappa shape index (κ3) is 2.16. The maximum Gasteiger partial charge on any atom is 0.340 e. The molecule has 0 aromatic carbocycles. The van der Waals surface area contributed by atoms with E-state index in [-0.39, 0.29) is 33.3 Å². The highest BCUT2D eigenvalue weighted by molar-refractivity contribution is 7.68. The van der Waals surface area contributed by atoms with Crippen molar-refractivity contribution in [3.8, 4) is 0 Å². The Morgan fingerprint density at radius 1 is 0.636 bits per heavy atom. The average Bonchev–Trinajstić information content (AvgIpc) is 2.91. The number of hydrogen-bond donors (Lipinski definition) is 0. The molecule has 22 heavy (non-hydrogen) atoms. The Balaban J connectivity index is 2.10. The zero-order valence-electron chi connectivity index (χ0n) is 13.5. The highest BCUT2D eigenvalue weighted by Gasteiger charge is 2.74. The Kier molecular flexibility index (Phi) is 4.22. The van der Waals surface area contributed by atoms with Crippen molar-refractivity contribution >= 4 is 15.8 Å². The maximum atomic E-state index is 14.4. The lowest BCUT2D eigenvalue weighted by atomic mass is 10.00. The number of allylic oxidation sites excluding steroid dienone is 2. The van der Waals surface area contributed by atoms with E-state index in [4.69, 9.17) is 0 Å². The Bertz CT molecular complexity index is 438. The second-order valence-corrected chi connectivity index (χ2v) is 13.3. The van der Waals surface area contributed by atoms with Gasteiger partial charge < -0.3 is 0 Å². The first-order chi connectivity index (χ1) is 10.1. The fourth-order valence-corrected chi connectivity index (χ4v) is 12.0. The first-order valence-corrected chi connectivity index (χ1v) is 11.1. The molecule has 0 nitrogen and oxygen atoms in total. The number of hydrogen-bond acceptors (Lipinski definition) is 0. The first kappa shape index (κ1) is 17.2. The van der Waals surface area contributed by atoms with Crippen LogP contribution in [0.1, 0.15) is 53.4 Å². The summed E-state index contributed by atoms with van der Waals surface area (Å²) in [5.41, 5.74) is 0.612. The minimum absolute atomic E-state index is 0.0864. The van der Waals surface area contributed by atoms with Gasteiger partial charge in [-0.1, -0.05) is 43.5 Å². The molecule has 0 saturated carbocycles. The predicted octanol–water partition coefficient (Wildman–Crippen LogP) is 6.59. The first-order valence-electron chi connectivity index (χ1n) is 8.18. The van der Waals surface area contributed by atoms with Crippen LogP contribution in [0.3, 0.4) is 0 Å². The summed E-state index contributed by atoms with van der Waals surface area (Å²) in [5.74, 6) is -7.80. The third-order valence-electron chi connectivity index (χ3n) is 5.63. The van der Waals surface area contributed by atoms with Crippen LogP contribution in [0.2, 0.25) is 0 Å². The average molecular weight is 354 g/mol. The molecule has 0 radical (unpaired) electrons. The van der Waals surface area contributed by atoms with Crippen LogP contribution < -0.4 is 0 Å². The van der Waals surface area contributed by atoms with Gasteiger partial charge in [-0.2, -0.15) is 17.6 Å². The zero-order chi connectivity index (χ0) is 16.4. The highest BCUT2D eigenvalue weighted by atomic mass is 31.1. The predicted molar refractivity (Wildman–Crippen MR) is 87.1 cm³/mol. The van der Waals surface area contributed by atoms with Gasteiger partial charge in [-0.15, -0.1) is 0 Å². The lowest BCUT2D eigenvalue weighted by Gasteiger charge is -2.49. The third-order valence-corrected chi connectivity index (χ3v) is 12.7. The molecule has 0 bridgehead atoms. The molecule has 4 atom stereocenters. The molecular weight excluding hydrogens is 330 g/mol. The number of rotatable bonds is 2. The summed E-state index contributed by atoms with van der Waals surface area (Å²) >= 11 is 0. The fraction of sp³-hybridized carbons (Fsp3) is 0.875. The Labute approximate surface area is 132 Å². The van der Waals surface area contributed by atoms with Gasteiger partial charge in [0.25, 0.3) is 0 Å². The summed E-state index contributed by atoms with van der Waals surface area (Å²) in [5, 5.41) is -0.173. The fourth-order valence-electron chi connectivity index (χ4n) is 4.37. The molecule has 2 fully saturated rings. The molecule has 4 unspecified atom stereocenters. The second-order valence-electron chi connectivity index (χ2n) is 7.21. The Morgan fingerprint density at radius 3 is 1.09 bits per heavy atom. The van der Waals surface area contributed by atoms with Crippen molar-refractivity contribution in [2.24, 2.45) is 0 Å². The van der Waals surface area contributed by atoms with Crippen molar-refractivity contribution in [1.29, 1.82) is 0 Å². The van der Waals surface area contributed by atoms with E-state index < -0.39 is 27.7 Å². The molecule has 0 N–H and O–H groups in total.